The van der Waals surface area contributed by atoms with E-state index in [4.69, 9.17) is 0 Å². The first-order valence-electron chi connectivity index (χ1n) is 12.9. The van der Waals surface area contributed by atoms with Crippen LogP contribution in [0, 0.1) is 5.92 Å². The number of urea groups is 1. The molecule has 2 saturated heterocycles. The van der Waals surface area contributed by atoms with Crippen LogP contribution in [0.2, 0.25) is 0 Å². The van der Waals surface area contributed by atoms with Gasteiger partial charge < -0.3 is 15.5 Å². The molecule has 7 nitrogen and oxygen atoms in total. The second kappa shape index (κ2) is 10.7. The molecule has 4 amide bonds. The molecule has 3 aliphatic rings. The number of imide groups is 1. The molecule has 1 spiro atoms. The highest BCUT2D eigenvalue weighted by molar-refractivity contribution is 9.10. The summed E-state index contributed by atoms with van der Waals surface area (Å²) in [6, 6.07) is 17.5. The minimum absolute atomic E-state index is 0.0237. The largest absolute Gasteiger partial charge is 0.349 e. The zero-order valence-corrected chi connectivity index (χ0v) is 22.0. The Labute approximate surface area is 220 Å². The van der Waals surface area contributed by atoms with E-state index in [-0.39, 0.29) is 36.3 Å². The van der Waals surface area contributed by atoms with Crippen molar-refractivity contribution in [3.63, 3.8) is 0 Å². The van der Waals surface area contributed by atoms with Crippen molar-refractivity contribution in [1.29, 1.82) is 0 Å². The third-order valence-corrected chi connectivity index (χ3v) is 8.47. The minimum Gasteiger partial charge on any atom is -0.349 e. The molecule has 0 bridgehead atoms. The molecule has 2 aromatic rings. The summed E-state index contributed by atoms with van der Waals surface area (Å²) in [5, 5.41) is 6.29. The van der Waals surface area contributed by atoms with Crippen molar-refractivity contribution < 1.29 is 14.4 Å². The maximum atomic E-state index is 13.3. The van der Waals surface area contributed by atoms with Gasteiger partial charge in [-0.25, -0.2) is 4.79 Å². The summed E-state index contributed by atoms with van der Waals surface area (Å²) in [6.07, 6.45) is 5.11. The van der Waals surface area contributed by atoms with Crippen LogP contribution in [0.25, 0.3) is 0 Å². The standard InChI is InChI=1S/C28H33BrN4O3/c29-23-11-9-20(10-12-23)19-33-26(35)28(31-27(33)36)14-17-32(18-15-28)16-13-24(21-5-2-1-3-6-21)30-25(34)22-7-4-8-22/h1-3,5-6,9-12,22,24H,4,7-8,13-19H2,(H,30,34)(H,31,36)/t24-/m0/s1. The van der Waals surface area contributed by atoms with Gasteiger partial charge in [-0.05, 0) is 55.4 Å². The second-order valence-corrected chi connectivity index (χ2v) is 11.2. The highest BCUT2D eigenvalue weighted by Crippen LogP contribution is 2.32. The van der Waals surface area contributed by atoms with E-state index >= 15 is 0 Å². The van der Waals surface area contributed by atoms with E-state index in [1.807, 2.05) is 42.5 Å². The number of carbonyl (C=O) groups is 3. The lowest BCUT2D eigenvalue weighted by molar-refractivity contribution is -0.133. The van der Waals surface area contributed by atoms with Gasteiger partial charge in [-0.3, -0.25) is 14.5 Å². The molecule has 36 heavy (non-hydrogen) atoms. The number of hydrogen-bond acceptors (Lipinski definition) is 4. The maximum absolute atomic E-state index is 13.3. The first kappa shape index (κ1) is 25.0. The van der Waals surface area contributed by atoms with Gasteiger partial charge in [0.25, 0.3) is 5.91 Å². The van der Waals surface area contributed by atoms with E-state index in [2.05, 4.69) is 43.6 Å². The number of amides is 4. The Kier molecular flexibility index (Phi) is 7.44. The van der Waals surface area contributed by atoms with Crippen molar-refractivity contribution in [3.05, 3.63) is 70.2 Å². The molecule has 190 valence electrons. The summed E-state index contributed by atoms with van der Waals surface area (Å²) in [7, 11) is 0. The molecule has 2 N–H and O–H groups in total. The van der Waals surface area contributed by atoms with Crippen LogP contribution < -0.4 is 10.6 Å². The molecule has 3 fully saturated rings. The number of nitrogens with one attached hydrogen (secondary N) is 2. The third-order valence-electron chi connectivity index (χ3n) is 7.94. The van der Waals surface area contributed by atoms with Gasteiger partial charge in [-0.2, -0.15) is 0 Å². The summed E-state index contributed by atoms with van der Waals surface area (Å²) in [6.45, 7) is 2.57. The van der Waals surface area contributed by atoms with E-state index < -0.39 is 5.54 Å². The van der Waals surface area contributed by atoms with E-state index in [1.165, 1.54) is 4.90 Å². The summed E-state index contributed by atoms with van der Waals surface area (Å²) >= 11 is 3.42. The van der Waals surface area contributed by atoms with Crippen molar-refractivity contribution in [2.45, 2.75) is 56.7 Å². The fraction of sp³-hybridized carbons (Fsp3) is 0.464. The lowest BCUT2D eigenvalue weighted by Crippen LogP contribution is -2.55. The van der Waals surface area contributed by atoms with Crippen LogP contribution in [0.15, 0.2) is 59.1 Å². The van der Waals surface area contributed by atoms with E-state index in [9.17, 15) is 14.4 Å². The zero-order valence-electron chi connectivity index (χ0n) is 20.4. The Bertz CT molecular complexity index is 1100. The number of benzene rings is 2. The van der Waals surface area contributed by atoms with Gasteiger partial charge in [0.2, 0.25) is 5.91 Å². The molecule has 1 aliphatic carbocycles. The Hall–Kier alpha value is -2.71. The zero-order chi connectivity index (χ0) is 25.1. The summed E-state index contributed by atoms with van der Waals surface area (Å²) < 4.78 is 0.962. The number of likely N-dealkylation sites (tertiary alicyclic amines) is 1. The summed E-state index contributed by atoms with van der Waals surface area (Å²) in [4.78, 5) is 42.4. The lowest BCUT2D eigenvalue weighted by Gasteiger charge is -2.38. The SMILES string of the molecule is O=C(N[C@@H](CCN1CCC2(CC1)NC(=O)N(Cc1ccc(Br)cc1)C2=O)c1ccccc1)C1CCC1. The quantitative estimate of drug-likeness (QED) is 0.476. The molecule has 1 saturated carbocycles. The second-order valence-electron chi connectivity index (χ2n) is 10.3. The molecule has 0 aromatic heterocycles. The van der Waals surface area contributed by atoms with Gasteiger partial charge in [-0.15, -0.1) is 0 Å². The Morgan fingerprint density at radius 3 is 2.39 bits per heavy atom. The van der Waals surface area contributed by atoms with Crippen LogP contribution in [0.3, 0.4) is 0 Å². The Morgan fingerprint density at radius 2 is 1.75 bits per heavy atom. The topological polar surface area (TPSA) is 81.8 Å². The molecular weight excluding hydrogens is 520 g/mol. The van der Waals surface area contributed by atoms with Crippen LogP contribution in [0.1, 0.15) is 55.7 Å². The van der Waals surface area contributed by atoms with Crippen LogP contribution in [-0.2, 0) is 16.1 Å². The van der Waals surface area contributed by atoms with Crippen LogP contribution in [-0.4, -0.2) is 52.8 Å². The van der Waals surface area contributed by atoms with Crippen molar-refractivity contribution >= 4 is 33.8 Å². The average Bonchev–Trinajstić information content (AvgIpc) is 3.07. The van der Waals surface area contributed by atoms with Crippen molar-refractivity contribution in [3.8, 4) is 0 Å². The van der Waals surface area contributed by atoms with Crippen molar-refractivity contribution in [2.75, 3.05) is 19.6 Å². The molecule has 0 unspecified atom stereocenters. The van der Waals surface area contributed by atoms with E-state index in [0.29, 0.717) is 12.8 Å². The summed E-state index contributed by atoms with van der Waals surface area (Å²) in [5.41, 5.74) is 1.24. The number of piperidine rings is 1. The fourth-order valence-corrected chi connectivity index (χ4v) is 5.63. The Balaban J connectivity index is 1.17. The average molecular weight is 554 g/mol. The normalized spacial score (nSPS) is 20.8. The number of carbonyl (C=O) groups excluding carboxylic acids is 3. The van der Waals surface area contributed by atoms with Gasteiger partial charge in [0, 0.05) is 30.0 Å². The van der Waals surface area contributed by atoms with Gasteiger partial charge in [0.15, 0.2) is 0 Å². The van der Waals surface area contributed by atoms with Gasteiger partial charge in [0.05, 0.1) is 12.6 Å². The van der Waals surface area contributed by atoms with Gasteiger partial charge >= 0.3 is 6.03 Å². The monoisotopic (exact) mass is 552 g/mol. The van der Waals surface area contributed by atoms with E-state index in [0.717, 1.165) is 60.9 Å². The predicted molar refractivity (Wildman–Crippen MR) is 141 cm³/mol. The fourth-order valence-electron chi connectivity index (χ4n) is 5.37. The van der Waals surface area contributed by atoms with Gasteiger partial charge in [-0.1, -0.05) is 64.8 Å². The molecular formula is C28H33BrN4O3. The number of nitrogens with zero attached hydrogens (tertiary/aromatic N) is 2. The summed E-state index contributed by atoms with van der Waals surface area (Å²) in [5.74, 6) is 0.200. The van der Waals surface area contributed by atoms with E-state index in [1.54, 1.807) is 0 Å². The molecule has 2 aromatic carbocycles. The number of rotatable bonds is 8. The first-order chi connectivity index (χ1) is 17.4. The highest BCUT2D eigenvalue weighted by atomic mass is 79.9. The number of halogens is 1. The van der Waals surface area contributed by atoms with Crippen LogP contribution >= 0.6 is 15.9 Å². The smallest absolute Gasteiger partial charge is 0.325 e. The predicted octanol–water partition coefficient (Wildman–Crippen LogP) is 4.38. The van der Waals surface area contributed by atoms with Crippen LogP contribution in [0.4, 0.5) is 4.79 Å². The molecule has 5 rings (SSSR count). The third kappa shape index (κ3) is 5.34. The minimum atomic E-state index is -0.805. The maximum Gasteiger partial charge on any atom is 0.325 e. The Morgan fingerprint density at radius 1 is 1.06 bits per heavy atom. The highest BCUT2D eigenvalue weighted by Gasteiger charge is 2.52. The molecule has 2 aliphatic heterocycles. The molecule has 0 radical (unpaired) electrons. The number of hydrogen-bond donors (Lipinski definition) is 2. The molecule has 2 heterocycles. The first-order valence-corrected chi connectivity index (χ1v) is 13.7. The molecule has 8 heteroatoms. The molecule has 1 atom stereocenters. The van der Waals surface area contributed by atoms with Crippen molar-refractivity contribution in [2.24, 2.45) is 5.92 Å². The van der Waals surface area contributed by atoms with Crippen molar-refractivity contribution in [1.82, 2.24) is 20.4 Å². The van der Waals surface area contributed by atoms with Gasteiger partial charge in [0.1, 0.15) is 5.54 Å². The lowest BCUT2D eigenvalue weighted by atomic mass is 9.84. The van der Waals surface area contributed by atoms with Crippen LogP contribution in [0.5, 0.6) is 0 Å².